The number of aryl methyl sites for hydroxylation is 4. The molecule has 13 rings (SSSR count). The maximum Gasteiger partial charge on any atom is 0.338 e. The summed E-state index contributed by atoms with van der Waals surface area (Å²) in [5.41, 5.74) is 15.9. The first-order valence-corrected chi connectivity index (χ1v) is 29.1. The van der Waals surface area contributed by atoms with Crippen LogP contribution in [0.2, 0.25) is 0 Å². The van der Waals surface area contributed by atoms with E-state index in [9.17, 15) is 32.7 Å². The number of carboxylic acid groups (broad SMARTS) is 1. The second kappa shape index (κ2) is 27.6. The maximum absolute atomic E-state index is 13.6. The zero-order chi connectivity index (χ0) is 63.5. The van der Waals surface area contributed by atoms with E-state index in [2.05, 4.69) is 40.4 Å². The van der Waals surface area contributed by atoms with E-state index in [1.807, 2.05) is 87.5 Å². The first kappa shape index (κ1) is 61.0. The number of aromatic nitrogens is 9. The van der Waals surface area contributed by atoms with Crippen molar-refractivity contribution >= 4 is 50.6 Å². The summed E-state index contributed by atoms with van der Waals surface area (Å²) in [6.45, 7) is 8.34. The molecule has 0 saturated carbocycles. The van der Waals surface area contributed by atoms with Gasteiger partial charge in [-0.25, -0.2) is 42.7 Å². The predicted octanol–water partition coefficient (Wildman–Crippen LogP) is 15.6. The number of hydrogen-bond donors (Lipinski definition) is 3. The quantitative estimate of drug-likeness (QED) is 0.0684. The molecular formula is C73H57F3N10O5. The van der Waals surface area contributed by atoms with E-state index in [1.165, 1.54) is 42.7 Å². The highest BCUT2D eigenvalue weighted by Gasteiger charge is 2.18. The van der Waals surface area contributed by atoms with E-state index in [0.29, 0.717) is 52.9 Å². The lowest BCUT2D eigenvalue weighted by molar-refractivity contribution is 0.0525. The average Bonchev–Trinajstić information content (AvgIpc) is 0.938. The molecule has 0 saturated heterocycles. The van der Waals surface area contributed by atoms with Crippen LogP contribution in [0.3, 0.4) is 0 Å². The largest absolute Gasteiger partial charge is 0.478 e. The van der Waals surface area contributed by atoms with E-state index >= 15 is 0 Å². The molecule has 450 valence electrons. The number of aromatic carboxylic acids is 1. The Kier molecular flexibility index (Phi) is 18.5. The molecule has 0 spiro atoms. The van der Waals surface area contributed by atoms with Gasteiger partial charge in [-0.1, -0.05) is 54.6 Å². The van der Waals surface area contributed by atoms with Gasteiger partial charge < -0.3 is 15.2 Å². The molecule has 0 unspecified atom stereocenters. The van der Waals surface area contributed by atoms with Crippen LogP contribution in [0.4, 0.5) is 13.2 Å². The van der Waals surface area contributed by atoms with Gasteiger partial charge in [0.15, 0.2) is 0 Å². The first-order valence-electron chi connectivity index (χ1n) is 29.1. The number of rotatable bonds is 14. The number of carboxylic acids is 1. The first-order chi connectivity index (χ1) is 44.1. The maximum atomic E-state index is 13.6. The van der Waals surface area contributed by atoms with Gasteiger partial charge in [0.2, 0.25) is 0 Å². The molecule has 0 atom stereocenters. The third-order valence-electron chi connectivity index (χ3n) is 14.8. The molecular weight excluding hydrogens is 1150 g/mol. The Morgan fingerprint density at radius 1 is 0.473 bits per heavy atom. The zero-order valence-corrected chi connectivity index (χ0v) is 49.8. The lowest BCUT2D eigenvalue weighted by Crippen LogP contribution is -2.24. The highest BCUT2D eigenvalue weighted by Crippen LogP contribution is 2.36. The number of nitrogens with one attached hydrogen (secondary N) is 2. The van der Waals surface area contributed by atoms with E-state index in [4.69, 9.17) is 14.7 Å². The Labute approximate surface area is 520 Å². The van der Waals surface area contributed by atoms with Crippen LogP contribution >= 0.6 is 0 Å². The van der Waals surface area contributed by atoms with Crippen molar-refractivity contribution in [3.05, 3.63) is 264 Å². The summed E-state index contributed by atoms with van der Waals surface area (Å²) in [5, 5.41) is 21.5. The molecule has 0 bridgehead atoms. The molecule has 18 heteroatoms. The van der Waals surface area contributed by atoms with Gasteiger partial charge in [-0.05, 0) is 195 Å². The Balaban J connectivity index is 0.000000142. The van der Waals surface area contributed by atoms with Crippen LogP contribution in [0.25, 0.3) is 99.9 Å². The van der Waals surface area contributed by atoms with Crippen molar-refractivity contribution < 1.29 is 37.4 Å². The van der Waals surface area contributed by atoms with Crippen LogP contribution in [0, 0.1) is 38.2 Å². The second-order valence-electron chi connectivity index (χ2n) is 21.3. The summed E-state index contributed by atoms with van der Waals surface area (Å²) in [7, 11) is 0. The van der Waals surface area contributed by atoms with Gasteiger partial charge in [0.25, 0.3) is 5.91 Å². The van der Waals surface area contributed by atoms with Gasteiger partial charge in [0.1, 0.15) is 29.6 Å². The summed E-state index contributed by atoms with van der Waals surface area (Å²) < 4.78 is 45.5. The fraction of sp³-hybridized carbons (Fsp3) is 0.110. The zero-order valence-electron chi connectivity index (χ0n) is 49.8. The fourth-order valence-electron chi connectivity index (χ4n) is 10.4. The number of benzene rings is 6. The number of carbonyl (C=O) groups is 3. The number of carbonyl (C=O) groups excluding carboxylic acids is 2. The van der Waals surface area contributed by atoms with Crippen LogP contribution in [0.1, 0.15) is 67.3 Å². The molecule has 7 aromatic heterocycles. The third-order valence-corrected chi connectivity index (χ3v) is 14.8. The monoisotopic (exact) mass is 1210 g/mol. The number of ether oxygens (including phenoxy) is 1. The predicted molar refractivity (Wildman–Crippen MR) is 345 cm³/mol. The molecule has 13 aromatic rings. The molecule has 91 heavy (non-hydrogen) atoms. The Morgan fingerprint density at radius 2 is 0.868 bits per heavy atom. The summed E-state index contributed by atoms with van der Waals surface area (Å²) in [5.74, 6) is -1.66. The van der Waals surface area contributed by atoms with Gasteiger partial charge in [-0.15, -0.1) is 0 Å². The van der Waals surface area contributed by atoms with E-state index in [0.717, 1.165) is 107 Å². The Morgan fingerprint density at radius 3 is 1.25 bits per heavy atom. The molecule has 15 nitrogen and oxygen atoms in total. The second-order valence-corrected chi connectivity index (χ2v) is 21.3. The molecule has 6 aromatic carbocycles. The van der Waals surface area contributed by atoms with Crippen LogP contribution in [-0.4, -0.2) is 81.2 Å². The van der Waals surface area contributed by atoms with Gasteiger partial charge >= 0.3 is 11.9 Å². The summed E-state index contributed by atoms with van der Waals surface area (Å²) in [6.07, 6.45) is 8.11. The van der Waals surface area contributed by atoms with Crippen molar-refractivity contribution in [2.45, 2.75) is 40.5 Å². The SMILES string of the molecule is CCOC(=O)c1ccc2c(-c3ccc(F)cc3)cc(-c3ccnc(C)c3)nc2c1.Cc1cc(-c2cc(-c3ccc(F)cc3)c3ccc(C(=O)NCCCc4ncn[nH]4)cc3n2)ccn1.Cc1cc(-c2cc(-c3ccc(F)cc3)c3ccc(C(=O)O)cc3n2)ccn1. The lowest BCUT2D eigenvalue weighted by Gasteiger charge is -2.12. The topological polar surface area (TPSA) is 212 Å². The van der Waals surface area contributed by atoms with Crippen molar-refractivity contribution in [3.8, 4) is 67.2 Å². The van der Waals surface area contributed by atoms with E-state index in [-0.39, 0.29) is 34.9 Å². The molecule has 0 radical (unpaired) electrons. The number of pyridine rings is 6. The molecule has 0 aliphatic rings. The van der Waals surface area contributed by atoms with Crippen LogP contribution in [0.5, 0.6) is 0 Å². The third kappa shape index (κ3) is 14.7. The minimum atomic E-state index is -1.01. The van der Waals surface area contributed by atoms with E-state index < -0.39 is 5.97 Å². The van der Waals surface area contributed by atoms with Crippen LogP contribution < -0.4 is 5.32 Å². The number of amides is 1. The Bertz CT molecular complexity index is 4820. The van der Waals surface area contributed by atoms with Gasteiger partial charge in [0.05, 0.1) is 51.4 Å². The van der Waals surface area contributed by atoms with Crippen molar-refractivity contribution in [3.63, 3.8) is 0 Å². The average molecular weight is 1210 g/mol. The number of hydrogen-bond acceptors (Lipinski definition) is 12. The van der Waals surface area contributed by atoms with Crippen LogP contribution in [-0.2, 0) is 11.2 Å². The van der Waals surface area contributed by atoms with Gasteiger partial charge in [-0.3, -0.25) is 24.8 Å². The number of nitrogens with zero attached hydrogens (tertiary/aromatic N) is 8. The summed E-state index contributed by atoms with van der Waals surface area (Å²) >= 11 is 0. The molecule has 0 aliphatic heterocycles. The van der Waals surface area contributed by atoms with Crippen molar-refractivity contribution in [2.75, 3.05) is 13.2 Å². The standard InChI is InChI=1S/C27H23FN6O.C24H19FN2O2.C22H15FN2O2/c1-17-13-19(10-12-29-17)24-15-23(18-4-7-21(28)8-5-18)22-9-6-20(14-25(22)33-24)27(35)30-11-2-3-26-31-16-32-34-26;1-3-29-24(28)18-6-9-20-21(16-4-7-19(25)8-5-16)14-22(27-23(20)13-18)17-10-11-26-15(2)12-17;1-13-10-15(8-9-24-13)20-12-19(14-2-5-17(23)6-3-14)18-7-4-16(22(26)27)11-21(18)25-20/h4-10,12-16H,2-3,11H2,1H3,(H,30,35)(H,31,32,34);4-14H,3H2,1-2H3;2-12H,1H3,(H,26,27). The Hall–Kier alpha value is -11.7. The van der Waals surface area contributed by atoms with Crippen molar-refractivity contribution in [2.24, 2.45) is 0 Å². The van der Waals surface area contributed by atoms with Crippen LogP contribution in [0.15, 0.2) is 207 Å². The summed E-state index contributed by atoms with van der Waals surface area (Å²) in [6, 6.07) is 52.0. The minimum absolute atomic E-state index is 0.167. The smallest absolute Gasteiger partial charge is 0.338 e. The molecule has 7 heterocycles. The minimum Gasteiger partial charge on any atom is -0.478 e. The number of H-pyrrole nitrogens is 1. The van der Waals surface area contributed by atoms with Gasteiger partial charge in [0, 0.05) is 87.1 Å². The molecule has 0 fully saturated rings. The number of aromatic amines is 1. The fourth-order valence-corrected chi connectivity index (χ4v) is 10.4. The molecule has 1 amide bonds. The number of fused-ring (bicyclic) bond motifs is 3. The molecule has 0 aliphatic carbocycles. The number of esters is 1. The number of halogens is 3. The van der Waals surface area contributed by atoms with Crippen molar-refractivity contribution in [1.82, 2.24) is 50.4 Å². The van der Waals surface area contributed by atoms with E-state index in [1.54, 1.807) is 104 Å². The molecule has 3 N–H and O–H groups in total. The lowest BCUT2D eigenvalue weighted by atomic mass is 9.97. The normalized spacial score (nSPS) is 10.9. The summed E-state index contributed by atoms with van der Waals surface area (Å²) in [4.78, 5) is 67.5. The highest BCUT2D eigenvalue weighted by molar-refractivity contribution is 6.04. The van der Waals surface area contributed by atoms with Gasteiger partial charge in [-0.2, -0.15) is 5.10 Å². The highest BCUT2D eigenvalue weighted by atomic mass is 19.1. The van der Waals surface area contributed by atoms with Crippen molar-refractivity contribution in [1.29, 1.82) is 0 Å².